The molecule has 0 saturated carbocycles. The van der Waals surface area contributed by atoms with Gasteiger partial charge in [-0.3, -0.25) is 9.78 Å². The fraction of sp³-hybridized carbons (Fsp3) is 0.308. The Kier molecular flexibility index (Phi) is 6.75. The largest absolute Gasteiger partial charge is 0.483 e. The third-order valence-corrected chi connectivity index (χ3v) is 5.73. The molecule has 1 atom stereocenters. The van der Waals surface area contributed by atoms with Crippen molar-refractivity contribution in [3.63, 3.8) is 0 Å². The first-order valence-corrected chi connectivity index (χ1v) is 10.8. The minimum absolute atomic E-state index is 0.0493. The monoisotopic (exact) mass is 400 g/mol. The lowest BCUT2D eigenvalue weighted by molar-refractivity contribution is -0.135. The number of hydrogen-bond acceptors (Lipinski definition) is 3. The Bertz CT molecular complexity index is 944. The third-order valence-electron chi connectivity index (χ3n) is 5.73. The number of rotatable bonds is 6. The van der Waals surface area contributed by atoms with Crippen LogP contribution in [0.1, 0.15) is 48.4 Å². The maximum atomic E-state index is 13.2. The summed E-state index contributed by atoms with van der Waals surface area (Å²) in [4.78, 5) is 19.3. The van der Waals surface area contributed by atoms with E-state index in [0.717, 1.165) is 55.5 Å². The topological polar surface area (TPSA) is 42.4 Å². The summed E-state index contributed by atoms with van der Waals surface area (Å²) in [6.45, 7) is 0.841. The fourth-order valence-electron chi connectivity index (χ4n) is 4.17. The molecule has 4 rings (SSSR count). The van der Waals surface area contributed by atoms with Gasteiger partial charge in [-0.25, -0.2) is 0 Å². The van der Waals surface area contributed by atoms with Gasteiger partial charge in [0.1, 0.15) is 5.75 Å². The molecule has 1 amide bonds. The van der Waals surface area contributed by atoms with Gasteiger partial charge in [-0.2, -0.15) is 0 Å². The Morgan fingerprint density at radius 2 is 1.70 bits per heavy atom. The minimum Gasteiger partial charge on any atom is -0.483 e. The summed E-state index contributed by atoms with van der Waals surface area (Å²) in [6, 6.07) is 22.5. The van der Waals surface area contributed by atoms with Gasteiger partial charge in [0.05, 0.1) is 6.04 Å². The van der Waals surface area contributed by atoms with Crippen molar-refractivity contribution in [2.75, 3.05) is 13.2 Å². The molecule has 1 saturated heterocycles. The summed E-state index contributed by atoms with van der Waals surface area (Å²) in [6.07, 6.45) is 8.72. The first-order chi connectivity index (χ1) is 14.8. The van der Waals surface area contributed by atoms with Crippen LogP contribution in [-0.2, 0) is 11.2 Å². The SMILES string of the molecule is O=C(COc1ccccc1Cc1ccccc1)N1CCCCCC1c1ccncc1. The van der Waals surface area contributed by atoms with Crippen molar-refractivity contribution in [2.24, 2.45) is 0 Å². The Labute approximate surface area is 178 Å². The maximum Gasteiger partial charge on any atom is 0.261 e. The zero-order valence-corrected chi connectivity index (χ0v) is 17.2. The van der Waals surface area contributed by atoms with Crippen LogP contribution in [-0.4, -0.2) is 28.9 Å². The zero-order chi connectivity index (χ0) is 20.6. The van der Waals surface area contributed by atoms with Crippen molar-refractivity contribution < 1.29 is 9.53 Å². The van der Waals surface area contributed by atoms with Gasteiger partial charge in [0, 0.05) is 25.4 Å². The Morgan fingerprint density at radius 3 is 2.53 bits per heavy atom. The van der Waals surface area contributed by atoms with Crippen LogP contribution in [0.5, 0.6) is 5.75 Å². The molecule has 2 aromatic carbocycles. The lowest BCUT2D eigenvalue weighted by Gasteiger charge is -2.30. The van der Waals surface area contributed by atoms with Gasteiger partial charge in [-0.15, -0.1) is 0 Å². The lowest BCUT2D eigenvalue weighted by Crippen LogP contribution is -2.38. The number of ether oxygens (including phenoxy) is 1. The third kappa shape index (κ3) is 5.07. The summed E-state index contributed by atoms with van der Waals surface area (Å²) in [5.74, 6) is 0.832. The van der Waals surface area contributed by atoms with Gasteiger partial charge in [-0.05, 0) is 47.7 Å². The molecule has 1 aliphatic rings. The number of hydrogen-bond donors (Lipinski definition) is 0. The number of nitrogens with zero attached hydrogens (tertiary/aromatic N) is 2. The fourth-order valence-corrected chi connectivity index (χ4v) is 4.17. The predicted molar refractivity (Wildman–Crippen MR) is 118 cm³/mol. The van der Waals surface area contributed by atoms with Crippen LogP contribution >= 0.6 is 0 Å². The van der Waals surface area contributed by atoms with E-state index in [-0.39, 0.29) is 18.6 Å². The normalized spacial score (nSPS) is 16.7. The van der Waals surface area contributed by atoms with Crippen molar-refractivity contribution >= 4 is 5.91 Å². The minimum atomic E-state index is 0.0493. The van der Waals surface area contributed by atoms with Crippen molar-refractivity contribution in [1.29, 1.82) is 0 Å². The second-order valence-corrected chi connectivity index (χ2v) is 7.79. The molecule has 0 spiro atoms. The van der Waals surface area contributed by atoms with E-state index < -0.39 is 0 Å². The van der Waals surface area contributed by atoms with E-state index in [1.807, 2.05) is 53.4 Å². The van der Waals surface area contributed by atoms with Crippen LogP contribution in [0.3, 0.4) is 0 Å². The van der Waals surface area contributed by atoms with E-state index in [1.54, 1.807) is 12.4 Å². The molecule has 1 unspecified atom stereocenters. The van der Waals surface area contributed by atoms with Crippen molar-refractivity contribution in [1.82, 2.24) is 9.88 Å². The predicted octanol–water partition coefficient (Wildman–Crippen LogP) is 5.20. The maximum absolute atomic E-state index is 13.2. The van der Waals surface area contributed by atoms with Crippen LogP contribution in [0.2, 0.25) is 0 Å². The number of pyridine rings is 1. The summed E-state index contributed by atoms with van der Waals surface area (Å²) in [5.41, 5.74) is 3.48. The molecule has 0 N–H and O–H groups in total. The molecule has 2 heterocycles. The number of carbonyl (C=O) groups is 1. The highest BCUT2D eigenvalue weighted by Crippen LogP contribution is 2.30. The summed E-state index contributed by atoms with van der Waals surface area (Å²) in [5, 5.41) is 0. The summed E-state index contributed by atoms with van der Waals surface area (Å²) < 4.78 is 6.05. The van der Waals surface area contributed by atoms with Crippen LogP contribution in [0, 0.1) is 0 Å². The van der Waals surface area contributed by atoms with Crippen LogP contribution < -0.4 is 4.74 Å². The smallest absolute Gasteiger partial charge is 0.261 e. The standard InChI is InChI=1S/C26H28N2O2/c29-26(28-18-8-2-5-12-24(28)22-14-16-27-17-15-22)20-30-25-13-7-6-11-23(25)19-21-9-3-1-4-10-21/h1,3-4,6-7,9-11,13-17,24H,2,5,8,12,18-20H2. The first kappa shape index (κ1) is 20.1. The Hall–Kier alpha value is -3.14. The van der Waals surface area contributed by atoms with Crippen molar-refractivity contribution in [3.05, 3.63) is 95.8 Å². The molecule has 3 aromatic rings. The average molecular weight is 401 g/mol. The number of benzene rings is 2. The van der Waals surface area contributed by atoms with E-state index >= 15 is 0 Å². The Morgan fingerprint density at radius 1 is 0.933 bits per heavy atom. The highest BCUT2D eigenvalue weighted by Gasteiger charge is 2.27. The molecule has 0 radical (unpaired) electrons. The number of likely N-dealkylation sites (tertiary alicyclic amines) is 1. The van der Waals surface area contributed by atoms with E-state index in [0.29, 0.717) is 0 Å². The molecule has 0 aliphatic carbocycles. The molecule has 1 fully saturated rings. The van der Waals surface area contributed by atoms with E-state index in [2.05, 4.69) is 23.2 Å². The van der Waals surface area contributed by atoms with E-state index in [9.17, 15) is 4.79 Å². The van der Waals surface area contributed by atoms with Gasteiger partial charge in [-0.1, -0.05) is 61.4 Å². The van der Waals surface area contributed by atoms with Gasteiger partial charge in [0.25, 0.3) is 5.91 Å². The summed E-state index contributed by atoms with van der Waals surface area (Å²) in [7, 11) is 0. The van der Waals surface area contributed by atoms with Gasteiger partial charge in [0.2, 0.25) is 0 Å². The molecule has 30 heavy (non-hydrogen) atoms. The molecule has 4 heteroatoms. The Balaban J connectivity index is 1.46. The zero-order valence-electron chi connectivity index (χ0n) is 17.2. The molecule has 4 nitrogen and oxygen atoms in total. The van der Waals surface area contributed by atoms with Crippen molar-refractivity contribution in [2.45, 2.75) is 38.1 Å². The van der Waals surface area contributed by atoms with Gasteiger partial charge < -0.3 is 9.64 Å². The first-order valence-electron chi connectivity index (χ1n) is 10.8. The molecule has 0 bridgehead atoms. The van der Waals surface area contributed by atoms with Crippen LogP contribution in [0.4, 0.5) is 0 Å². The highest BCUT2D eigenvalue weighted by atomic mass is 16.5. The van der Waals surface area contributed by atoms with Crippen molar-refractivity contribution in [3.8, 4) is 5.75 Å². The summed E-state index contributed by atoms with van der Waals surface area (Å²) >= 11 is 0. The quantitative estimate of drug-likeness (QED) is 0.571. The van der Waals surface area contributed by atoms with Crippen LogP contribution in [0.15, 0.2) is 79.1 Å². The molecule has 154 valence electrons. The molecular formula is C26H28N2O2. The molecule has 1 aromatic heterocycles. The number of para-hydroxylation sites is 1. The molecular weight excluding hydrogens is 372 g/mol. The second kappa shape index (κ2) is 10.1. The van der Waals surface area contributed by atoms with Crippen LogP contribution in [0.25, 0.3) is 0 Å². The van der Waals surface area contributed by atoms with E-state index in [1.165, 1.54) is 5.56 Å². The molecule has 1 aliphatic heterocycles. The number of carbonyl (C=O) groups excluding carboxylic acids is 1. The highest BCUT2D eigenvalue weighted by molar-refractivity contribution is 5.78. The van der Waals surface area contributed by atoms with E-state index in [4.69, 9.17) is 4.74 Å². The van der Waals surface area contributed by atoms with Gasteiger partial charge >= 0.3 is 0 Å². The average Bonchev–Trinajstić information content (AvgIpc) is 3.06. The number of amides is 1. The lowest BCUT2D eigenvalue weighted by atomic mass is 10.0. The number of aromatic nitrogens is 1. The van der Waals surface area contributed by atoms with Gasteiger partial charge in [0.15, 0.2) is 6.61 Å². The second-order valence-electron chi connectivity index (χ2n) is 7.79.